The summed E-state index contributed by atoms with van der Waals surface area (Å²) in [5.41, 5.74) is -0.344. The van der Waals surface area contributed by atoms with Gasteiger partial charge in [0.15, 0.2) is 6.10 Å². The molecular weight excluding hydrogens is 349 g/mol. The van der Waals surface area contributed by atoms with Gasteiger partial charge in [-0.3, -0.25) is 4.79 Å². The Morgan fingerprint density at radius 2 is 1.74 bits per heavy atom. The van der Waals surface area contributed by atoms with Gasteiger partial charge in [0.2, 0.25) is 0 Å². The van der Waals surface area contributed by atoms with Gasteiger partial charge in [-0.15, -0.1) is 0 Å². The number of hydrogen-bond donors (Lipinski definition) is 1. The van der Waals surface area contributed by atoms with Gasteiger partial charge in [-0.1, -0.05) is 0 Å². The summed E-state index contributed by atoms with van der Waals surface area (Å²) >= 11 is 0. The Morgan fingerprint density at radius 1 is 1.15 bits per heavy atom. The molecule has 0 radical (unpaired) electrons. The predicted octanol–water partition coefficient (Wildman–Crippen LogP) is 3.46. The fourth-order valence-corrected chi connectivity index (χ4v) is 5.69. The van der Waals surface area contributed by atoms with Gasteiger partial charge in [0.25, 0.3) is 5.91 Å². The third-order valence-corrected chi connectivity index (χ3v) is 6.48. The smallest absolute Gasteiger partial charge is 0.341 e. The van der Waals surface area contributed by atoms with Crippen LogP contribution in [0.2, 0.25) is 0 Å². The molecule has 0 aromatic heterocycles. The van der Waals surface area contributed by atoms with Gasteiger partial charge in [0.1, 0.15) is 11.6 Å². The highest BCUT2D eigenvalue weighted by atomic mass is 19.1. The molecule has 4 bridgehead atoms. The molecule has 0 aliphatic heterocycles. The van der Waals surface area contributed by atoms with Crippen molar-refractivity contribution in [3.8, 4) is 5.75 Å². The fraction of sp³-hybridized carbons (Fsp3) is 0.619. The van der Waals surface area contributed by atoms with Gasteiger partial charge >= 0.3 is 5.97 Å². The van der Waals surface area contributed by atoms with Crippen LogP contribution in [-0.2, 0) is 9.53 Å². The summed E-state index contributed by atoms with van der Waals surface area (Å²) < 4.78 is 24.2. The van der Waals surface area contributed by atoms with Crippen LogP contribution in [0.4, 0.5) is 4.39 Å². The molecule has 4 fully saturated rings. The zero-order chi connectivity index (χ0) is 19.2. The van der Waals surface area contributed by atoms with E-state index >= 15 is 0 Å². The maximum Gasteiger partial charge on any atom is 0.341 e. The molecule has 1 atom stereocenters. The van der Waals surface area contributed by atoms with E-state index in [4.69, 9.17) is 9.47 Å². The minimum absolute atomic E-state index is 0.141. The summed E-state index contributed by atoms with van der Waals surface area (Å²) in [6, 6.07) is 3.91. The van der Waals surface area contributed by atoms with Crippen LogP contribution in [0.1, 0.15) is 55.8 Å². The first-order chi connectivity index (χ1) is 12.9. The second kappa shape index (κ2) is 6.80. The van der Waals surface area contributed by atoms with Crippen LogP contribution in [0.5, 0.6) is 5.75 Å². The van der Waals surface area contributed by atoms with Crippen LogP contribution in [0.25, 0.3) is 0 Å². The number of rotatable bonds is 5. The SMILES string of the molecule is COc1ccc(C(=O)O[C@H](C)C(=O)NC23CC4CC(CC(C4)C2)C3)c(F)c1. The molecule has 0 unspecified atom stereocenters. The molecule has 146 valence electrons. The number of ether oxygens (including phenoxy) is 2. The molecule has 4 aliphatic rings. The van der Waals surface area contributed by atoms with Crippen molar-refractivity contribution in [1.82, 2.24) is 5.32 Å². The Hall–Kier alpha value is -2.11. The van der Waals surface area contributed by atoms with Crippen LogP contribution in [0.15, 0.2) is 18.2 Å². The minimum Gasteiger partial charge on any atom is -0.497 e. The molecule has 0 saturated heterocycles. The first kappa shape index (κ1) is 18.3. The Bertz CT molecular complexity index is 727. The summed E-state index contributed by atoms with van der Waals surface area (Å²) in [7, 11) is 1.42. The average Bonchev–Trinajstić information content (AvgIpc) is 2.59. The van der Waals surface area contributed by atoms with Crippen molar-refractivity contribution in [1.29, 1.82) is 0 Å². The first-order valence-corrected chi connectivity index (χ1v) is 9.74. The van der Waals surface area contributed by atoms with Crippen molar-refractivity contribution in [2.75, 3.05) is 7.11 Å². The van der Waals surface area contributed by atoms with Crippen molar-refractivity contribution < 1.29 is 23.5 Å². The van der Waals surface area contributed by atoms with Gasteiger partial charge in [-0.2, -0.15) is 0 Å². The zero-order valence-corrected chi connectivity index (χ0v) is 15.8. The topological polar surface area (TPSA) is 64.6 Å². The molecule has 4 aliphatic carbocycles. The molecule has 5 rings (SSSR count). The first-order valence-electron chi connectivity index (χ1n) is 9.74. The highest BCUT2D eigenvalue weighted by molar-refractivity contribution is 5.92. The van der Waals surface area contributed by atoms with Crippen LogP contribution in [0.3, 0.4) is 0 Å². The Morgan fingerprint density at radius 3 is 2.26 bits per heavy atom. The van der Waals surface area contributed by atoms with Crippen molar-refractivity contribution in [3.63, 3.8) is 0 Å². The molecule has 1 N–H and O–H groups in total. The molecule has 5 nitrogen and oxygen atoms in total. The molecular formula is C21H26FNO4. The third kappa shape index (κ3) is 3.54. The maximum absolute atomic E-state index is 14.0. The summed E-state index contributed by atoms with van der Waals surface area (Å²) in [5.74, 6) is 0.584. The number of carbonyl (C=O) groups excluding carboxylic acids is 2. The lowest BCUT2D eigenvalue weighted by Gasteiger charge is -2.57. The second-order valence-electron chi connectivity index (χ2n) is 8.58. The number of hydrogen-bond acceptors (Lipinski definition) is 4. The van der Waals surface area contributed by atoms with Crippen LogP contribution < -0.4 is 10.1 Å². The summed E-state index contributed by atoms with van der Waals surface area (Å²) in [6.45, 7) is 1.54. The van der Waals surface area contributed by atoms with Crippen LogP contribution >= 0.6 is 0 Å². The highest BCUT2D eigenvalue weighted by Crippen LogP contribution is 2.55. The van der Waals surface area contributed by atoms with Gasteiger partial charge in [-0.05, 0) is 75.3 Å². The molecule has 0 heterocycles. The number of amides is 1. The molecule has 1 aromatic carbocycles. The lowest BCUT2D eigenvalue weighted by molar-refractivity contribution is -0.134. The zero-order valence-electron chi connectivity index (χ0n) is 15.8. The fourth-order valence-electron chi connectivity index (χ4n) is 5.69. The van der Waals surface area contributed by atoms with E-state index in [0.29, 0.717) is 23.5 Å². The van der Waals surface area contributed by atoms with Crippen LogP contribution in [-0.4, -0.2) is 30.6 Å². The highest BCUT2D eigenvalue weighted by Gasteiger charge is 2.51. The lowest BCUT2D eigenvalue weighted by atomic mass is 9.53. The van der Waals surface area contributed by atoms with Crippen LogP contribution in [0, 0.1) is 23.6 Å². The van der Waals surface area contributed by atoms with Gasteiger partial charge in [-0.25, -0.2) is 9.18 Å². The Labute approximate surface area is 158 Å². The minimum atomic E-state index is -0.966. The van der Waals surface area contributed by atoms with Crippen molar-refractivity contribution in [2.45, 2.75) is 57.1 Å². The van der Waals surface area contributed by atoms with E-state index in [-0.39, 0.29) is 17.0 Å². The predicted molar refractivity (Wildman–Crippen MR) is 96.9 cm³/mol. The lowest BCUT2D eigenvalue weighted by Crippen LogP contribution is -2.61. The van der Waals surface area contributed by atoms with Crippen molar-refractivity contribution in [2.24, 2.45) is 17.8 Å². The Balaban J connectivity index is 1.39. The van der Waals surface area contributed by atoms with Crippen molar-refractivity contribution >= 4 is 11.9 Å². The molecule has 6 heteroatoms. The summed E-state index contributed by atoms with van der Waals surface area (Å²) in [6.07, 6.45) is 5.98. The number of methoxy groups -OCH3 is 1. The van der Waals surface area contributed by atoms with Gasteiger partial charge < -0.3 is 14.8 Å². The summed E-state index contributed by atoms with van der Waals surface area (Å²) in [4.78, 5) is 24.9. The number of benzene rings is 1. The van der Waals surface area contributed by atoms with Gasteiger partial charge in [0.05, 0.1) is 12.7 Å². The van der Waals surface area contributed by atoms with E-state index < -0.39 is 17.9 Å². The number of nitrogens with one attached hydrogen (secondary N) is 1. The molecule has 4 saturated carbocycles. The maximum atomic E-state index is 14.0. The van der Waals surface area contributed by atoms with E-state index in [9.17, 15) is 14.0 Å². The number of carbonyl (C=O) groups is 2. The Kier molecular flexibility index (Phi) is 4.60. The molecule has 0 spiro atoms. The number of halogens is 1. The van der Waals surface area contributed by atoms with E-state index in [1.165, 1.54) is 45.4 Å². The molecule has 27 heavy (non-hydrogen) atoms. The van der Waals surface area contributed by atoms with E-state index in [1.807, 2.05) is 0 Å². The monoisotopic (exact) mass is 375 g/mol. The third-order valence-electron chi connectivity index (χ3n) is 6.48. The molecule has 1 aromatic rings. The van der Waals surface area contributed by atoms with Gasteiger partial charge in [0, 0.05) is 11.6 Å². The quantitative estimate of drug-likeness (QED) is 0.801. The summed E-state index contributed by atoms with van der Waals surface area (Å²) in [5, 5.41) is 3.18. The number of esters is 1. The largest absolute Gasteiger partial charge is 0.497 e. The second-order valence-corrected chi connectivity index (χ2v) is 8.58. The van der Waals surface area contributed by atoms with Crippen molar-refractivity contribution in [3.05, 3.63) is 29.6 Å². The van der Waals surface area contributed by atoms with E-state index in [1.54, 1.807) is 0 Å². The van der Waals surface area contributed by atoms with E-state index in [0.717, 1.165) is 25.3 Å². The van der Waals surface area contributed by atoms with E-state index in [2.05, 4.69) is 5.32 Å². The average molecular weight is 375 g/mol. The standard InChI is InChI=1S/C21H26FNO4/c1-12(27-20(25)17-4-3-16(26-2)8-18(17)22)19(24)23-21-9-13-5-14(10-21)7-15(6-13)11-21/h3-4,8,12-15H,5-7,9-11H2,1-2H3,(H,23,24)/t12-,13?,14?,15?,21?/m1/s1. The molecule has 1 amide bonds. The normalized spacial score (nSPS) is 32.0.